The number of hydrogen-bond donors (Lipinski definition) is 1. The van der Waals surface area contributed by atoms with Crippen LogP contribution in [0, 0.1) is 11.3 Å². The van der Waals surface area contributed by atoms with Gasteiger partial charge in [-0.3, -0.25) is 0 Å². The molecule has 3 heterocycles. The first-order valence-electron chi connectivity index (χ1n) is 16.7. The third-order valence-electron chi connectivity index (χ3n) is 9.13. The van der Waals surface area contributed by atoms with Crippen molar-refractivity contribution in [2.45, 2.75) is 32.3 Å². The van der Waals surface area contributed by atoms with Gasteiger partial charge in [-0.2, -0.15) is 10.2 Å². The maximum Gasteiger partial charge on any atom is 0.333 e. The number of esters is 1. The summed E-state index contributed by atoms with van der Waals surface area (Å²) < 4.78 is 17.1. The van der Waals surface area contributed by atoms with Crippen LogP contribution in [0.5, 0.6) is 6.01 Å². The molecule has 0 aliphatic heterocycles. The minimum atomic E-state index is -0.417. The van der Waals surface area contributed by atoms with Crippen molar-refractivity contribution in [3.8, 4) is 22.5 Å². The molecule has 1 aliphatic rings. The number of nitriles is 1. The molecule has 0 saturated heterocycles. The van der Waals surface area contributed by atoms with Crippen molar-refractivity contribution in [1.82, 2.24) is 15.0 Å². The Labute approximate surface area is 305 Å². The number of thiophene rings is 1. The standard InChI is InChI=1S/C41H36N6O4S/c1-25(19-26-9-11-27(12-10-26)24-50-40-44-16-15-36(43)46-40)39(48)49-18-17-47(4)29-13-14-31-32(21-29)41(2,3)33-22-30(52-37(31)33)20-28(23-42)38-45-34-7-5-6-8-35(34)51-38/h5-16,20-22H,1,17-19,24H2,2-4H3,(H2,43,44,46)/b28-20+. The van der Waals surface area contributed by atoms with Crippen molar-refractivity contribution in [2.75, 3.05) is 30.8 Å². The first kappa shape index (κ1) is 34.2. The van der Waals surface area contributed by atoms with Gasteiger partial charge >= 0.3 is 12.0 Å². The smallest absolute Gasteiger partial charge is 0.333 e. The third kappa shape index (κ3) is 7.02. The zero-order chi connectivity index (χ0) is 36.4. The van der Waals surface area contributed by atoms with Crippen LogP contribution >= 0.6 is 11.3 Å². The van der Waals surface area contributed by atoms with E-state index < -0.39 is 5.97 Å². The van der Waals surface area contributed by atoms with E-state index in [9.17, 15) is 10.1 Å². The second kappa shape index (κ2) is 14.2. The Morgan fingerprint density at radius 2 is 1.85 bits per heavy atom. The average Bonchev–Trinajstić information content (AvgIpc) is 3.83. The van der Waals surface area contributed by atoms with Gasteiger partial charge in [0, 0.05) is 46.1 Å². The Kier molecular flexibility index (Phi) is 9.32. The first-order chi connectivity index (χ1) is 25.1. The molecule has 52 heavy (non-hydrogen) atoms. The molecule has 0 fully saturated rings. The number of hydrogen-bond acceptors (Lipinski definition) is 11. The lowest BCUT2D eigenvalue weighted by Crippen LogP contribution is -2.25. The Balaban J connectivity index is 0.938. The van der Waals surface area contributed by atoms with Gasteiger partial charge in [0.25, 0.3) is 0 Å². The first-order valence-corrected chi connectivity index (χ1v) is 17.5. The van der Waals surface area contributed by atoms with Crippen LogP contribution in [0.1, 0.15) is 46.9 Å². The molecule has 1 aliphatic carbocycles. The number of nitrogen functional groups attached to an aromatic ring is 1. The SMILES string of the molecule is C=C(Cc1ccc(COc2nccc(N)n2)cc1)C(=O)OCCN(C)c1ccc2c(c1)C(C)(C)c1cc(/C=C(\C#N)c3nc4ccccc4o3)sc1-2. The molecule has 0 unspecified atom stereocenters. The number of carbonyl (C=O) groups is 1. The van der Waals surface area contributed by atoms with Gasteiger partial charge in [0.1, 0.15) is 36.2 Å². The molecule has 2 N–H and O–H groups in total. The summed E-state index contributed by atoms with van der Waals surface area (Å²) in [4.78, 5) is 29.6. The summed E-state index contributed by atoms with van der Waals surface area (Å²) in [6.07, 6.45) is 3.78. The van der Waals surface area contributed by atoms with Crippen molar-refractivity contribution in [3.63, 3.8) is 0 Å². The third-order valence-corrected chi connectivity index (χ3v) is 10.2. The van der Waals surface area contributed by atoms with E-state index in [2.05, 4.69) is 70.6 Å². The summed E-state index contributed by atoms with van der Waals surface area (Å²) in [5, 5.41) is 9.93. The summed E-state index contributed by atoms with van der Waals surface area (Å²) in [6, 6.07) is 27.9. The van der Waals surface area contributed by atoms with E-state index >= 15 is 0 Å². The van der Waals surface area contributed by atoms with Gasteiger partial charge in [-0.05, 0) is 70.3 Å². The van der Waals surface area contributed by atoms with Crippen LogP contribution in [0.2, 0.25) is 0 Å². The van der Waals surface area contributed by atoms with Crippen LogP contribution in [0.3, 0.4) is 0 Å². The Morgan fingerprint density at radius 3 is 2.62 bits per heavy atom. The number of oxazole rings is 1. The Morgan fingerprint density at radius 1 is 1.06 bits per heavy atom. The van der Waals surface area contributed by atoms with Crippen LogP contribution in [0.4, 0.5) is 11.5 Å². The molecule has 0 amide bonds. The van der Waals surface area contributed by atoms with E-state index in [0.29, 0.717) is 48.0 Å². The number of allylic oxidation sites excluding steroid dienone is 1. The Bertz CT molecular complexity index is 2350. The van der Waals surface area contributed by atoms with E-state index in [4.69, 9.17) is 19.6 Å². The summed E-state index contributed by atoms with van der Waals surface area (Å²) in [5.74, 6) is 0.247. The van der Waals surface area contributed by atoms with Crippen molar-refractivity contribution in [2.24, 2.45) is 0 Å². The molecule has 260 valence electrons. The zero-order valence-corrected chi connectivity index (χ0v) is 29.9. The lowest BCUT2D eigenvalue weighted by Gasteiger charge is -2.24. The highest BCUT2D eigenvalue weighted by molar-refractivity contribution is 7.16. The molecular weight excluding hydrogens is 673 g/mol. The molecule has 3 aromatic carbocycles. The van der Waals surface area contributed by atoms with Crippen molar-refractivity contribution in [1.29, 1.82) is 5.26 Å². The molecule has 0 spiro atoms. The normalized spacial score (nSPS) is 12.9. The lowest BCUT2D eigenvalue weighted by atomic mass is 9.82. The van der Waals surface area contributed by atoms with Gasteiger partial charge in [-0.25, -0.2) is 14.8 Å². The van der Waals surface area contributed by atoms with Crippen LogP contribution in [-0.4, -0.2) is 41.1 Å². The van der Waals surface area contributed by atoms with Crippen molar-refractivity contribution in [3.05, 3.63) is 130 Å². The fourth-order valence-corrected chi connectivity index (χ4v) is 7.50. The molecule has 0 saturated carbocycles. The summed E-state index contributed by atoms with van der Waals surface area (Å²) in [7, 11) is 1.99. The van der Waals surface area contributed by atoms with Gasteiger partial charge in [0.2, 0.25) is 5.89 Å². The predicted molar refractivity (Wildman–Crippen MR) is 204 cm³/mol. The van der Waals surface area contributed by atoms with Gasteiger partial charge < -0.3 is 24.5 Å². The molecule has 11 heteroatoms. The van der Waals surface area contributed by atoms with Gasteiger partial charge in [0.05, 0.1) is 6.54 Å². The number of rotatable bonds is 12. The molecule has 0 atom stereocenters. The van der Waals surface area contributed by atoms with Crippen molar-refractivity contribution >= 4 is 51.6 Å². The zero-order valence-electron chi connectivity index (χ0n) is 29.1. The molecule has 6 aromatic rings. The number of nitrogens with zero attached hydrogens (tertiary/aromatic N) is 5. The predicted octanol–water partition coefficient (Wildman–Crippen LogP) is 7.99. The number of anilines is 2. The fraction of sp³-hybridized carbons (Fsp3) is 0.195. The number of likely N-dealkylation sites (N-methyl/N-ethyl adjacent to an activating group) is 1. The van der Waals surface area contributed by atoms with E-state index in [0.717, 1.165) is 27.2 Å². The number of para-hydroxylation sites is 2. The highest BCUT2D eigenvalue weighted by Crippen LogP contribution is 2.53. The topological polar surface area (TPSA) is 140 Å². The molecule has 0 bridgehead atoms. The summed E-state index contributed by atoms with van der Waals surface area (Å²) in [5.41, 5.74) is 14.1. The van der Waals surface area contributed by atoms with E-state index in [1.807, 2.05) is 61.7 Å². The fourth-order valence-electron chi connectivity index (χ4n) is 6.20. The van der Waals surface area contributed by atoms with E-state index in [1.54, 1.807) is 23.6 Å². The monoisotopic (exact) mass is 708 g/mol. The van der Waals surface area contributed by atoms with Crippen LogP contribution in [0.25, 0.3) is 33.2 Å². The Hall–Kier alpha value is -6.25. The maximum absolute atomic E-state index is 12.8. The minimum Gasteiger partial charge on any atom is -0.460 e. The van der Waals surface area contributed by atoms with Crippen LogP contribution < -0.4 is 15.4 Å². The molecule has 3 aromatic heterocycles. The van der Waals surface area contributed by atoms with Crippen molar-refractivity contribution < 1.29 is 18.7 Å². The summed E-state index contributed by atoms with van der Waals surface area (Å²) in [6.45, 7) is 9.45. The van der Waals surface area contributed by atoms with Gasteiger partial charge in [0.15, 0.2) is 5.58 Å². The quantitative estimate of drug-likeness (QED) is 0.0756. The van der Waals surface area contributed by atoms with Gasteiger partial charge in [-0.15, -0.1) is 11.3 Å². The van der Waals surface area contributed by atoms with Crippen LogP contribution in [0.15, 0.2) is 102 Å². The van der Waals surface area contributed by atoms with E-state index in [1.165, 1.54) is 21.6 Å². The number of nitrogens with two attached hydrogens (primary N) is 1. The molecular formula is C41H36N6O4S. The molecule has 7 rings (SSSR count). The second-order valence-corrected chi connectivity index (χ2v) is 14.2. The van der Waals surface area contributed by atoms with E-state index in [-0.39, 0.29) is 18.0 Å². The molecule has 10 nitrogen and oxygen atoms in total. The minimum absolute atomic E-state index is 0.219. The number of fused-ring (bicyclic) bond motifs is 4. The lowest BCUT2D eigenvalue weighted by molar-refractivity contribution is -0.138. The number of carbonyl (C=O) groups excluding carboxylic acids is 1. The number of aromatic nitrogens is 3. The van der Waals surface area contributed by atoms with Gasteiger partial charge in [-0.1, -0.05) is 62.9 Å². The number of ether oxygens (including phenoxy) is 2. The average molecular weight is 709 g/mol. The highest BCUT2D eigenvalue weighted by atomic mass is 32.1. The largest absolute Gasteiger partial charge is 0.460 e. The molecule has 0 radical (unpaired) electrons. The number of benzene rings is 3. The van der Waals surface area contributed by atoms with Crippen LogP contribution in [-0.2, 0) is 28.0 Å². The second-order valence-electron chi connectivity index (χ2n) is 13.1. The highest BCUT2D eigenvalue weighted by Gasteiger charge is 2.37. The summed E-state index contributed by atoms with van der Waals surface area (Å²) >= 11 is 1.66. The maximum atomic E-state index is 12.8.